The molecule has 4 rings (SSSR count). The fraction of sp³-hybridized carbons (Fsp3) is 0.185. The van der Waals surface area contributed by atoms with Crippen LogP contribution in [0.3, 0.4) is 0 Å². The number of fused-ring (bicyclic) bond motifs is 1. The van der Waals surface area contributed by atoms with Crippen LogP contribution in [0.25, 0.3) is 16.7 Å². The van der Waals surface area contributed by atoms with Gasteiger partial charge in [0, 0.05) is 17.8 Å². The van der Waals surface area contributed by atoms with Crippen LogP contribution in [0.4, 0.5) is 15.8 Å². The molecule has 4 aromatic rings. The highest BCUT2D eigenvalue weighted by Crippen LogP contribution is 2.25. The van der Waals surface area contributed by atoms with E-state index in [1.807, 2.05) is 20.8 Å². The molecule has 0 aliphatic heterocycles. The Morgan fingerprint density at radius 2 is 1.78 bits per heavy atom. The number of anilines is 2. The zero-order valence-electron chi connectivity index (χ0n) is 20.3. The summed E-state index contributed by atoms with van der Waals surface area (Å²) in [4.78, 5) is 43.4. The van der Waals surface area contributed by atoms with Gasteiger partial charge in [-0.3, -0.25) is 19.0 Å². The molecule has 0 unspecified atom stereocenters. The molecule has 184 valence electrons. The molecular weight excluding hydrogens is 461 g/mol. The number of hydrogen-bond donors (Lipinski definition) is 2. The summed E-state index contributed by atoms with van der Waals surface area (Å²) in [6.07, 6.45) is 1.59. The maximum absolute atomic E-state index is 13.9. The normalized spacial score (nSPS) is 10.9. The summed E-state index contributed by atoms with van der Waals surface area (Å²) in [6, 6.07) is 12.5. The smallest absolute Gasteiger partial charge is 0.267 e. The maximum Gasteiger partial charge on any atom is 0.267 e. The Labute approximate surface area is 207 Å². The zero-order valence-corrected chi connectivity index (χ0v) is 20.3. The SMILES string of the molecule is C=CC(=O)Nc1ccccc1-n1c(CC)nc2c(c(C)c(C)n2CC(=O)Nc2ccc(F)cc2)c1=O. The highest BCUT2D eigenvalue weighted by molar-refractivity contribution is 6.00. The van der Waals surface area contributed by atoms with Gasteiger partial charge in [0.15, 0.2) is 0 Å². The van der Waals surface area contributed by atoms with Gasteiger partial charge in [-0.15, -0.1) is 0 Å². The highest BCUT2D eigenvalue weighted by atomic mass is 19.1. The van der Waals surface area contributed by atoms with Crippen molar-refractivity contribution in [3.63, 3.8) is 0 Å². The first-order chi connectivity index (χ1) is 17.2. The molecule has 0 atom stereocenters. The van der Waals surface area contributed by atoms with Gasteiger partial charge >= 0.3 is 0 Å². The van der Waals surface area contributed by atoms with Crippen LogP contribution in [0.5, 0.6) is 0 Å². The molecule has 0 spiro atoms. The average molecular weight is 488 g/mol. The number of nitrogens with zero attached hydrogens (tertiary/aromatic N) is 3. The predicted molar refractivity (Wildman–Crippen MR) is 138 cm³/mol. The first-order valence-corrected chi connectivity index (χ1v) is 11.4. The fourth-order valence-electron chi connectivity index (χ4n) is 4.13. The number of aromatic nitrogens is 3. The molecule has 0 aliphatic rings. The van der Waals surface area contributed by atoms with Crippen molar-refractivity contribution in [1.29, 1.82) is 0 Å². The zero-order chi connectivity index (χ0) is 26.0. The van der Waals surface area contributed by atoms with Crippen LogP contribution >= 0.6 is 0 Å². The molecule has 0 radical (unpaired) electrons. The number of nitrogens with one attached hydrogen (secondary N) is 2. The number of halogens is 1. The Bertz CT molecular complexity index is 1550. The number of aryl methyl sites for hydroxylation is 2. The summed E-state index contributed by atoms with van der Waals surface area (Å²) >= 11 is 0. The minimum absolute atomic E-state index is 0.0703. The summed E-state index contributed by atoms with van der Waals surface area (Å²) in [5, 5.41) is 5.88. The molecule has 0 bridgehead atoms. The lowest BCUT2D eigenvalue weighted by Gasteiger charge is -2.16. The number of carbonyl (C=O) groups is 2. The van der Waals surface area contributed by atoms with Crippen LogP contribution in [0.2, 0.25) is 0 Å². The van der Waals surface area contributed by atoms with Gasteiger partial charge in [0.2, 0.25) is 11.8 Å². The van der Waals surface area contributed by atoms with E-state index in [1.54, 1.807) is 28.8 Å². The van der Waals surface area contributed by atoms with Crippen molar-refractivity contribution in [3.05, 3.63) is 94.4 Å². The van der Waals surface area contributed by atoms with E-state index in [0.717, 1.165) is 11.8 Å². The molecule has 2 aromatic heterocycles. The molecule has 2 aromatic carbocycles. The molecule has 0 fully saturated rings. The number of amides is 2. The number of rotatable bonds is 7. The van der Waals surface area contributed by atoms with Crippen LogP contribution in [-0.2, 0) is 22.6 Å². The Morgan fingerprint density at radius 3 is 2.44 bits per heavy atom. The summed E-state index contributed by atoms with van der Waals surface area (Å²) in [5.41, 5.74) is 2.96. The third-order valence-electron chi connectivity index (χ3n) is 6.05. The molecule has 36 heavy (non-hydrogen) atoms. The van der Waals surface area contributed by atoms with Crippen molar-refractivity contribution in [2.45, 2.75) is 33.7 Å². The fourth-order valence-corrected chi connectivity index (χ4v) is 4.13. The molecule has 0 saturated carbocycles. The molecule has 2 N–H and O–H groups in total. The first-order valence-electron chi connectivity index (χ1n) is 11.4. The monoisotopic (exact) mass is 487 g/mol. The lowest BCUT2D eigenvalue weighted by atomic mass is 10.2. The number of para-hydroxylation sites is 2. The molecule has 8 nitrogen and oxygen atoms in total. The Kier molecular flexibility index (Phi) is 6.82. The minimum atomic E-state index is -0.395. The molecular formula is C27H26FN5O3. The second-order valence-electron chi connectivity index (χ2n) is 8.28. The summed E-state index contributed by atoms with van der Waals surface area (Å²) in [5.74, 6) is -0.643. The van der Waals surface area contributed by atoms with Gasteiger partial charge in [-0.1, -0.05) is 25.6 Å². The van der Waals surface area contributed by atoms with Crippen molar-refractivity contribution in [2.24, 2.45) is 0 Å². The van der Waals surface area contributed by atoms with Crippen molar-refractivity contribution < 1.29 is 14.0 Å². The van der Waals surface area contributed by atoms with Gasteiger partial charge in [0.05, 0.1) is 16.8 Å². The highest BCUT2D eigenvalue weighted by Gasteiger charge is 2.22. The summed E-state index contributed by atoms with van der Waals surface area (Å²) in [7, 11) is 0. The molecule has 2 amide bonds. The van der Waals surface area contributed by atoms with E-state index in [4.69, 9.17) is 4.98 Å². The van der Waals surface area contributed by atoms with E-state index in [2.05, 4.69) is 17.2 Å². The van der Waals surface area contributed by atoms with Gasteiger partial charge in [-0.05, 0) is 61.9 Å². The van der Waals surface area contributed by atoms with Gasteiger partial charge in [-0.2, -0.15) is 0 Å². The van der Waals surface area contributed by atoms with Crippen LogP contribution in [0.1, 0.15) is 24.0 Å². The largest absolute Gasteiger partial charge is 0.325 e. The van der Waals surface area contributed by atoms with Crippen LogP contribution in [0.15, 0.2) is 66.0 Å². The van der Waals surface area contributed by atoms with Gasteiger partial charge in [-0.25, -0.2) is 9.37 Å². The van der Waals surface area contributed by atoms with Crippen molar-refractivity contribution in [2.75, 3.05) is 10.6 Å². The third kappa shape index (κ3) is 4.55. The first kappa shape index (κ1) is 24.6. The van der Waals surface area contributed by atoms with E-state index in [0.29, 0.717) is 45.9 Å². The van der Waals surface area contributed by atoms with Crippen LogP contribution in [0, 0.1) is 19.7 Å². The molecule has 0 saturated heterocycles. The van der Waals surface area contributed by atoms with E-state index in [9.17, 15) is 18.8 Å². The van der Waals surface area contributed by atoms with Crippen LogP contribution in [-0.4, -0.2) is 25.9 Å². The number of benzene rings is 2. The topological polar surface area (TPSA) is 98.0 Å². The second-order valence-corrected chi connectivity index (χ2v) is 8.28. The number of hydrogen-bond acceptors (Lipinski definition) is 4. The van der Waals surface area contributed by atoms with Crippen molar-refractivity contribution >= 4 is 34.2 Å². The van der Waals surface area contributed by atoms with Gasteiger partial charge in [0.1, 0.15) is 23.8 Å². The minimum Gasteiger partial charge on any atom is -0.325 e. The van der Waals surface area contributed by atoms with Crippen LogP contribution < -0.4 is 16.2 Å². The standard InChI is InChI=1S/C27H26FN5O3/c1-5-22-31-26-25(27(36)33(22)21-10-8-7-9-20(21)30-23(34)6-2)16(3)17(4)32(26)15-24(35)29-19-13-11-18(28)12-14-19/h6-14H,2,5,15H2,1,3-4H3,(H,29,35)(H,30,34). The van der Waals surface area contributed by atoms with E-state index < -0.39 is 11.7 Å². The molecule has 0 aliphatic carbocycles. The molecule has 9 heteroatoms. The average Bonchev–Trinajstić information content (AvgIpc) is 3.10. The Hall–Kier alpha value is -4.53. The van der Waals surface area contributed by atoms with E-state index in [1.165, 1.54) is 28.8 Å². The summed E-state index contributed by atoms with van der Waals surface area (Å²) < 4.78 is 16.4. The van der Waals surface area contributed by atoms with Crippen molar-refractivity contribution in [3.8, 4) is 5.69 Å². The third-order valence-corrected chi connectivity index (χ3v) is 6.05. The van der Waals surface area contributed by atoms with Crippen molar-refractivity contribution in [1.82, 2.24) is 14.1 Å². The lowest BCUT2D eigenvalue weighted by molar-refractivity contribution is -0.116. The van der Waals surface area contributed by atoms with E-state index >= 15 is 0 Å². The number of carbonyl (C=O) groups excluding carboxylic acids is 2. The maximum atomic E-state index is 13.9. The quantitative estimate of drug-likeness (QED) is 0.381. The predicted octanol–water partition coefficient (Wildman–Crippen LogP) is 4.27. The summed E-state index contributed by atoms with van der Waals surface area (Å²) in [6.45, 7) is 8.94. The lowest BCUT2D eigenvalue weighted by Crippen LogP contribution is -2.26. The molecule has 2 heterocycles. The Morgan fingerprint density at radius 1 is 1.08 bits per heavy atom. The van der Waals surface area contributed by atoms with Gasteiger partial charge in [0.25, 0.3) is 5.56 Å². The van der Waals surface area contributed by atoms with E-state index in [-0.39, 0.29) is 18.0 Å². The Balaban J connectivity index is 1.82. The van der Waals surface area contributed by atoms with Gasteiger partial charge < -0.3 is 15.2 Å². The second kappa shape index (κ2) is 9.99.